The summed E-state index contributed by atoms with van der Waals surface area (Å²) in [6.07, 6.45) is 0.654. The van der Waals surface area contributed by atoms with E-state index in [9.17, 15) is 9.90 Å². The van der Waals surface area contributed by atoms with Crippen LogP contribution in [0.4, 0.5) is 0 Å². The lowest BCUT2D eigenvalue weighted by molar-refractivity contribution is -0.136. The second-order valence-corrected chi connectivity index (χ2v) is 5.93. The van der Waals surface area contributed by atoms with E-state index in [2.05, 4.69) is 18.2 Å². The van der Waals surface area contributed by atoms with Crippen LogP contribution in [-0.2, 0) is 4.79 Å². The largest absolute Gasteiger partial charge is 0.480 e. The minimum atomic E-state index is -0.722. The molecule has 1 N–H and O–H groups in total. The Labute approximate surface area is 116 Å². The molecule has 2 aromatic carbocycles. The molecule has 2 atom stereocenters. The molecule has 1 aliphatic rings. The number of hydrogen-bond donors (Lipinski definition) is 1. The van der Waals surface area contributed by atoms with Crippen LogP contribution >= 0.6 is 11.8 Å². The third kappa shape index (κ3) is 2.38. The lowest BCUT2D eigenvalue weighted by atomic mass is 9.87. The maximum absolute atomic E-state index is 11.3. The number of hydrogen-bond acceptors (Lipinski definition) is 2. The van der Waals surface area contributed by atoms with Crippen LogP contribution < -0.4 is 0 Å². The van der Waals surface area contributed by atoms with Crippen molar-refractivity contribution in [2.45, 2.75) is 22.5 Å². The van der Waals surface area contributed by atoms with Gasteiger partial charge in [-0.15, -0.1) is 11.8 Å². The van der Waals surface area contributed by atoms with Gasteiger partial charge in [-0.25, -0.2) is 0 Å². The number of benzene rings is 2. The number of carboxylic acid groups (broad SMARTS) is 1. The smallest absolute Gasteiger partial charge is 0.317 e. The van der Waals surface area contributed by atoms with E-state index in [1.165, 1.54) is 22.9 Å². The molecule has 0 aromatic heterocycles. The minimum absolute atomic E-state index is 0.180. The van der Waals surface area contributed by atoms with Gasteiger partial charge in [-0.3, -0.25) is 4.79 Å². The highest BCUT2D eigenvalue weighted by Crippen LogP contribution is 2.44. The molecule has 1 aliphatic heterocycles. The van der Waals surface area contributed by atoms with Gasteiger partial charge in [0.25, 0.3) is 0 Å². The maximum atomic E-state index is 11.3. The SMILES string of the molecule is O=C(O)[C@H]1C[C@@H](c2ccccc2)c2ccccc2S1. The molecule has 2 aromatic rings. The van der Waals surface area contributed by atoms with Crippen LogP contribution in [0.3, 0.4) is 0 Å². The lowest BCUT2D eigenvalue weighted by Crippen LogP contribution is -2.24. The monoisotopic (exact) mass is 270 g/mol. The third-order valence-corrected chi connectivity index (χ3v) is 4.80. The zero-order chi connectivity index (χ0) is 13.2. The fourth-order valence-electron chi connectivity index (χ4n) is 2.57. The van der Waals surface area contributed by atoms with Gasteiger partial charge in [0, 0.05) is 10.8 Å². The van der Waals surface area contributed by atoms with Gasteiger partial charge in [0.1, 0.15) is 5.25 Å². The highest BCUT2D eigenvalue weighted by Gasteiger charge is 2.32. The van der Waals surface area contributed by atoms with Crippen molar-refractivity contribution in [2.24, 2.45) is 0 Å². The number of carboxylic acids is 1. The summed E-state index contributed by atoms with van der Waals surface area (Å²) in [4.78, 5) is 12.4. The lowest BCUT2D eigenvalue weighted by Gasteiger charge is -2.29. The van der Waals surface area contributed by atoms with Crippen LogP contribution in [0.1, 0.15) is 23.5 Å². The summed E-state index contributed by atoms with van der Waals surface area (Å²) in [6, 6.07) is 18.3. The van der Waals surface area contributed by atoms with Crippen LogP contribution in [0.2, 0.25) is 0 Å². The summed E-state index contributed by atoms with van der Waals surface area (Å²) >= 11 is 1.46. The van der Waals surface area contributed by atoms with E-state index < -0.39 is 5.97 Å². The van der Waals surface area contributed by atoms with E-state index in [4.69, 9.17) is 0 Å². The Bertz CT molecular complexity index is 595. The highest BCUT2D eigenvalue weighted by molar-refractivity contribution is 8.00. The zero-order valence-corrected chi connectivity index (χ0v) is 11.1. The van der Waals surface area contributed by atoms with Gasteiger partial charge in [0.15, 0.2) is 0 Å². The quantitative estimate of drug-likeness (QED) is 0.902. The zero-order valence-electron chi connectivity index (χ0n) is 10.3. The van der Waals surface area contributed by atoms with Gasteiger partial charge in [-0.2, -0.15) is 0 Å². The molecular formula is C16H14O2S. The average molecular weight is 270 g/mol. The molecule has 3 rings (SSSR count). The summed E-state index contributed by atoms with van der Waals surface area (Å²) in [5.74, 6) is -0.541. The normalized spacial score (nSPS) is 21.7. The molecule has 1 heterocycles. The van der Waals surface area contributed by atoms with Crippen molar-refractivity contribution in [2.75, 3.05) is 0 Å². The second-order valence-electron chi connectivity index (χ2n) is 4.68. The predicted molar refractivity (Wildman–Crippen MR) is 76.6 cm³/mol. The number of aliphatic carboxylic acids is 1. The fraction of sp³-hybridized carbons (Fsp3) is 0.188. The Morgan fingerprint density at radius 3 is 2.47 bits per heavy atom. The molecule has 96 valence electrons. The van der Waals surface area contributed by atoms with Crippen molar-refractivity contribution < 1.29 is 9.90 Å². The molecule has 2 nitrogen and oxygen atoms in total. The molecule has 0 fully saturated rings. The van der Waals surface area contributed by atoms with Crippen LogP contribution in [0.5, 0.6) is 0 Å². The minimum Gasteiger partial charge on any atom is -0.480 e. The molecule has 0 amide bonds. The van der Waals surface area contributed by atoms with E-state index in [0.29, 0.717) is 6.42 Å². The summed E-state index contributed by atoms with van der Waals surface area (Å²) in [5.41, 5.74) is 2.44. The third-order valence-electron chi connectivity index (χ3n) is 3.49. The van der Waals surface area contributed by atoms with Crippen LogP contribution in [-0.4, -0.2) is 16.3 Å². The molecule has 0 bridgehead atoms. The second kappa shape index (κ2) is 5.10. The first kappa shape index (κ1) is 12.3. The fourth-order valence-corrected chi connectivity index (χ4v) is 3.77. The van der Waals surface area contributed by atoms with Crippen LogP contribution in [0.25, 0.3) is 0 Å². The first-order valence-electron chi connectivity index (χ1n) is 6.29. The summed E-state index contributed by atoms with van der Waals surface area (Å²) in [5, 5.41) is 8.95. The van der Waals surface area contributed by atoms with Crippen molar-refractivity contribution in [3.8, 4) is 0 Å². The standard InChI is InChI=1S/C16H14O2S/c17-16(18)15-10-13(11-6-2-1-3-7-11)12-8-4-5-9-14(12)19-15/h1-9,13,15H,10H2,(H,17,18)/t13-,15+/m0/s1. The van der Waals surface area contributed by atoms with Gasteiger partial charge >= 0.3 is 5.97 Å². The van der Waals surface area contributed by atoms with Gasteiger partial charge < -0.3 is 5.11 Å². The molecular weight excluding hydrogens is 256 g/mol. The summed E-state index contributed by atoms with van der Waals surface area (Å²) < 4.78 is 0. The van der Waals surface area contributed by atoms with Crippen molar-refractivity contribution in [1.29, 1.82) is 0 Å². The Hall–Kier alpha value is -1.74. The van der Waals surface area contributed by atoms with E-state index in [1.54, 1.807) is 0 Å². The average Bonchev–Trinajstić information content (AvgIpc) is 2.47. The first-order valence-corrected chi connectivity index (χ1v) is 7.17. The van der Waals surface area contributed by atoms with Crippen molar-refractivity contribution in [3.63, 3.8) is 0 Å². The number of fused-ring (bicyclic) bond motifs is 1. The van der Waals surface area contributed by atoms with Crippen molar-refractivity contribution in [3.05, 3.63) is 65.7 Å². The molecule has 0 saturated heterocycles. The predicted octanol–water partition coefficient (Wildman–Crippen LogP) is 3.77. The van der Waals surface area contributed by atoms with Gasteiger partial charge in [-0.05, 0) is 23.6 Å². The van der Waals surface area contributed by atoms with E-state index in [1.807, 2.05) is 36.4 Å². The molecule has 19 heavy (non-hydrogen) atoms. The molecule has 0 saturated carbocycles. The Balaban J connectivity index is 2.06. The summed E-state index contributed by atoms with van der Waals surface area (Å²) in [7, 11) is 0. The maximum Gasteiger partial charge on any atom is 0.317 e. The molecule has 0 radical (unpaired) electrons. The van der Waals surface area contributed by atoms with E-state index in [0.717, 1.165) is 4.90 Å². The molecule has 0 aliphatic carbocycles. The van der Waals surface area contributed by atoms with E-state index in [-0.39, 0.29) is 11.2 Å². The number of thioether (sulfide) groups is 1. The topological polar surface area (TPSA) is 37.3 Å². The number of rotatable bonds is 2. The van der Waals surface area contributed by atoms with Gasteiger partial charge in [0.2, 0.25) is 0 Å². The van der Waals surface area contributed by atoms with Crippen molar-refractivity contribution in [1.82, 2.24) is 0 Å². The highest BCUT2D eigenvalue weighted by atomic mass is 32.2. The number of carbonyl (C=O) groups is 1. The van der Waals surface area contributed by atoms with Gasteiger partial charge in [0.05, 0.1) is 0 Å². The van der Waals surface area contributed by atoms with Crippen LogP contribution in [0.15, 0.2) is 59.5 Å². The first-order chi connectivity index (χ1) is 9.25. The van der Waals surface area contributed by atoms with E-state index >= 15 is 0 Å². The molecule has 0 unspecified atom stereocenters. The Morgan fingerprint density at radius 2 is 1.74 bits per heavy atom. The molecule has 3 heteroatoms. The van der Waals surface area contributed by atoms with Crippen LogP contribution in [0, 0.1) is 0 Å². The van der Waals surface area contributed by atoms with Gasteiger partial charge in [-0.1, -0.05) is 48.5 Å². The van der Waals surface area contributed by atoms with Crippen molar-refractivity contribution >= 4 is 17.7 Å². The molecule has 0 spiro atoms. The Morgan fingerprint density at radius 1 is 1.05 bits per heavy atom. The summed E-state index contributed by atoms with van der Waals surface area (Å²) in [6.45, 7) is 0. The Kier molecular flexibility index (Phi) is 3.30.